The number of likely N-dealkylation sites (N-methyl/N-ethyl adjacent to an activating group) is 1. The van der Waals surface area contributed by atoms with Crippen LogP contribution in [0.25, 0.3) is 0 Å². The molecule has 2 aromatic rings. The maximum Gasteiger partial charge on any atom is 0.234 e. The number of carbonyl (C=O) groups excluding carboxylic acids is 1. The van der Waals surface area contributed by atoms with Crippen LogP contribution in [0.5, 0.6) is 5.75 Å². The van der Waals surface area contributed by atoms with E-state index in [1.165, 1.54) is 5.56 Å². The molecule has 0 bridgehead atoms. The minimum atomic E-state index is 0. The molecule has 0 saturated heterocycles. The number of anilines is 1. The van der Waals surface area contributed by atoms with Gasteiger partial charge in [0.25, 0.3) is 0 Å². The topological polar surface area (TPSA) is 67.6 Å². The van der Waals surface area contributed by atoms with Crippen molar-refractivity contribution in [3.8, 4) is 5.75 Å². The second kappa shape index (κ2) is 14.1. The average molecular weight is 428 g/mol. The Morgan fingerprint density at radius 1 is 1.07 bits per heavy atom. The quantitative estimate of drug-likeness (QED) is 0.567. The van der Waals surface area contributed by atoms with Crippen LogP contribution in [-0.2, 0) is 17.8 Å². The van der Waals surface area contributed by atoms with Crippen LogP contribution >= 0.6 is 24.8 Å². The SMILES string of the molecule is CCN(CC)CC(=O)NCc1cc(N)ccc1OCCc1ccccc1.Cl.Cl. The van der Waals surface area contributed by atoms with Crippen LogP contribution in [0.2, 0.25) is 0 Å². The molecule has 0 unspecified atom stereocenters. The van der Waals surface area contributed by atoms with Gasteiger partial charge in [-0.3, -0.25) is 9.69 Å². The molecule has 0 aromatic heterocycles. The summed E-state index contributed by atoms with van der Waals surface area (Å²) in [6.07, 6.45) is 0.832. The lowest BCUT2D eigenvalue weighted by molar-refractivity contribution is -0.122. The molecule has 0 radical (unpaired) electrons. The molecule has 0 aliphatic rings. The number of nitrogen functional groups attached to an aromatic ring is 1. The molecule has 0 aliphatic heterocycles. The van der Waals surface area contributed by atoms with E-state index in [0.717, 1.165) is 30.8 Å². The van der Waals surface area contributed by atoms with Gasteiger partial charge in [0.1, 0.15) is 5.75 Å². The first kappa shape index (κ1) is 26.1. The minimum Gasteiger partial charge on any atom is -0.493 e. The van der Waals surface area contributed by atoms with E-state index in [1.807, 2.05) is 50.2 Å². The zero-order valence-electron chi connectivity index (χ0n) is 16.5. The molecule has 0 spiro atoms. The van der Waals surface area contributed by atoms with E-state index in [0.29, 0.717) is 25.4 Å². The van der Waals surface area contributed by atoms with Crippen LogP contribution in [0.4, 0.5) is 5.69 Å². The molecular formula is C21H31Cl2N3O2. The third kappa shape index (κ3) is 8.83. The highest BCUT2D eigenvalue weighted by molar-refractivity contribution is 5.85. The summed E-state index contributed by atoms with van der Waals surface area (Å²) in [7, 11) is 0. The van der Waals surface area contributed by atoms with Crippen molar-refractivity contribution >= 4 is 36.4 Å². The van der Waals surface area contributed by atoms with Crippen molar-refractivity contribution in [2.75, 3.05) is 32.0 Å². The highest BCUT2D eigenvalue weighted by atomic mass is 35.5. The number of halogens is 2. The molecule has 156 valence electrons. The van der Waals surface area contributed by atoms with Gasteiger partial charge in [-0.1, -0.05) is 44.2 Å². The Morgan fingerprint density at radius 2 is 1.75 bits per heavy atom. The van der Waals surface area contributed by atoms with Gasteiger partial charge in [0, 0.05) is 24.2 Å². The molecule has 1 amide bonds. The van der Waals surface area contributed by atoms with Crippen molar-refractivity contribution in [2.45, 2.75) is 26.8 Å². The van der Waals surface area contributed by atoms with Crippen molar-refractivity contribution in [3.05, 3.63) is 59.7 Å². The first-order valence-electron chi connectivity index (χ1n) is 9.16. The maximum absolute atomic E-state index is 12.1. The van der Waals surface area contributed by atoms with Gasteiger partial charge in [0.05, 0.1) is 13.2 Å². The second-order valence-electron chi connectivity index (χ2n) is 6.19. The monoisotopic (exact) mass is 427 g/mol. The largest absolute Gasteiger partial charge is 0.493 e. The Labute approximate surface area is 180 Å². The Balaban J connectivity index is 0.00000364. The summed E-state index contributed by atoms with van der Waals surface area (Å²) in [6.45, 7) is 7.20. The van der Waals surface area contributed by atoms with Crippen molar-refractivity contribution in [1.29, 1.82) is 0 Å². The molecule has 0 fully saturated rings. The van der Waals surface area contributed by atoms with Crippen molar-refractivity contribution < 1.29 is 9.53 Å². The van der Waals surface area contributed by atoms with Gasteiger partial charge in [-0.25, -0.2) is 0 Å². The number of hydrogen-bond donors (Lipinski definition) is 2. The standard InChI is InChI=1S/C21H29N3O2.2ClH/c1-3-24(4-2)16-21(25)23-15-18-14-19(22)10-11-20(18)26-13-12-17-8-6-5-7-9-17;;/h5-11,14H,3-4,12-13,15-16,22H2,1-2H3,(H,23,25);2*1H. The lowest BCUT2D eigenvalue weighted by Gasteiger charge is -2.18. The van der Waals surface area contributed by atoms with Crippen LogP contribution in [0.1, 0.15) is 25.0 Å². The molecule has 0 atom stereocenters. The predicted molar refractivity (Wildman–Crippen MR) is 121 cm³/mol. The first-order valence-corrected chi connectivity index (χ1v) is 9.16. The molecule has 3 N–H and O–H groups in total. The number of nitrogens with one attached hydrogen (secondary N) is 1. The van der Waals surface area contributed by atoms with Gasteiger partial charge in [-0.15, -0.1) is 24.8 Å². The molecule has 7 heteroatoms. The second-order valence-corrected chi connectivity index (χ2v) is 6.19. The van der Waals surface area contributed by atoms with E-state index in [4.69, 9.17) is 10.5 Å². The third-order valence-corrected chi connectivity index (χ3v) is 4.31. The zero-order valence-corrected chi connectivity index (χ0v) is 18.2. The predicted octanol–water partition coefficient (Wildman–Crippen LogP) is 3.69. The molecule has 0 heterocycles. The van der Waals surface area contributed by atoms with Gasteiger partial charge in [0.2, 0.25) is 5.91 Å². The fourth-order valence-electron chi connectivity index (χ4n) is 2.70. The third-order valence-electron chi connectivity index (χ3n) is 4.31. The number of benzene rings is 2. The highest BCUT2D eigenvalue weighted by Crippen LogP contribution is 2.21. The fraction of sp³-hybridized carbons (Fsp3) is 0.381. The summed E-state index contributed by atoms with van der Waals surface area (Å²) in [5, 5.41) is 2.96. The summed E-state index contributed by atoms with van der Waals surface area (Å²) >= 11 is 0. The lowest BCUT2D eigenvalue weighted by Crippen LogP contribution is -2.36. The Bertz CT molecular complexity index is 695. The Morgan fingerprint density at radius 3 is 2.39 bits per heavy atom. The molecule has 2 aromatic carbocycles. The minimum absolute atomic E-state index is 0. The number of amides is 1. The summed E-state index contributed by atoms with van der Waals surface area (Å²) < 4.78 is 5.93. The van der Waals surface area contributed by atoms with Gasteiger partial charge in [-0.2, -0.15) is 0 Å². The van der Waals surface area contributed by atoms with E-state index in [9.17, 15) is 4.79 Å². The van der Waals surface area contributed by atoms with Crippen molar-refractivity contribution in [3.63, 3.8) is 0 Å². The first-order chi connectivity index (χ1) is 12.6. The average Bonchev–Trinajstić information content (AvgIpc) is 2.66. The number of nitrogens with zero attached hydrogens (tertiary/aromatic N) is 1. The Hall–Kier alpha value is -1.95. The van der Waals surface area contributed by atoms with Crippen LogP contribution in [0.3, 0.4) is 0 Å². The zero-order chi connectivity index (χ0) is 18.8. The normalized spacial score (nSPS) is 9.96. The molecule has 0 aliphatic carbocycles. The summed E-state index contributed by atoms with van der Waals surface area (Å²) in [4.78, 5) is 14.2. The van der Waals surface area contributed by atoms with E-state index in [2.05, 4.69) is 22.3 Å². The molecule has 5 nitrogen and oxygen atoms in total. The van der Waals surface area contributed by atoms with E-state index in [1.54, 1.807) is 0 Å². The van der Waals surface area contributed by atoms with Gasteiger partial charge in [0.15, 0.2) is 0 Å². The fourth-order valence-corrected chi connectivity index (χ4v) is 2.70. The summed E-state index contributed by atoms with van der Waals surface area (Å²) in [5.41, 5.74) is 8.69. The molecule has 2 rings (SSSR count). The molecule has 28 heavy (non-hydrogen) atoms. The number of nitrogens with two attached hydrogens (primary N) is 1. The summed E-state index contributed by atoms with van der Waals surface area (Å²) in [6, 6.07) is 15.8. The van der Waals surface area contributed by atoms with Gasteiger partial charge < -0.3 is 15.8 Å². The van der Waals surface area contributed by atoms with Crippen molar-refractivity contribution in [1.82, 2.24) is 10.2 Å². The number of carbonyl (C=O) groups is 1. The maximum atomic E-state index is 12.1. The molecular weight excluding hydrogens is 397 g/mol. The van der Waals surface area contributed by atoms with Gasteiger partial charge >= 0.3 is 0 Å². The van der Waals surface area contributed by atoms with Crippen molar-refractivity contribution in [2.24, 2.45) is 0 Å². The Kier molecular flexibility index (Phi) is 13.1. The van der Waals surface area contributed by atoms with E-state index < -0.39 is 0 Å². The van der Waals surface area contributed by atoms with Crippen LogP contribution in [0.15, 0.2) is 48.5 Å². The lowest BCUT2D eigenvalue weighted by atomic mass is 10.1. The molecule has 0 saturated carbocycles. The van der Waals surface area contributed by atoms with E-state index >= 15 is 0 Å². The van der Waals surface area contributed by atoms with Crippen LogP contribution in [0, 0.1) is 0 Å². The van der Waals surface area contributed by atoms with Crippen LogP contribution < -0.4 is 15.8 Å². The van der Waals surface area contributed by atoms with Crippen LogP contribution in [-0.4, -0.2) is 37.0 Å². The van der Waals surface area contributed by atoms with E-state index in [-0.39, 0.29) is 30.7 Å². The highest BCUT2D eigenvalue weighted by Gasteiger charge is 2.10. The number of rotatable bonds is 10. The number of ether oxygens (including phenoxy) is 1. The van der Waals surface area contributed by atoms with Gasteiger partial charge in [-0.05, 0) is 36.9 Å². The number of hydrogen-bond acceptors (Lipinski definition) is 4. The summed E-state index contributed by atoms with van der Waals surface area (Å²) in [5.74, 6) is 0.768. The smallest absolute Gasteiger partial charge is 0.234 e.